The molecule has 2 saturated heterocycles. The Morgan fingerprint density at radius 1 is 1.12 bits per heavy atom. The number of rotatable bonds is 4. The fourth-order valence-corrected chi connectivity index (χ4v) is 5.80. The number of hydrogen-bond donors (Lipinski definition) is 5. The highest BCUT2D eigenvalue weighted by Crippen LogP contribution is 2.42. The fourth-order valence-electron chi connectivity index (χ4n) is 5.80. The van der Waals surface area contributed by atoms with Gasteiger partial charge in [0.1, 0.15) is 6.04 Å². The van der Waals surface area contributed by atoms with Crippen LogP contribution in [0.25, 0.3) is 11.6 Å². The Morgan fingerprint density at radius 3 is 2.66 bits per heavy atom. The molecule has 0 spiro atoms. The van der Waals surface area contributed by atoms with E-state index in [-0.39, 0.29) is 11.8 Å². The molecule has 5 rings (SSSR count). The second-order valence-corrected chi connectivity index (χ2v) is 9.17. The summed E-state index contributed by atoms with van der Waals surface area (Å²) in [5, 5.41) is 19.2. The first kappa shape index (κ1) is 21.0. The average molecular weight is 435 g/mol. The minimum atomic E-state index is -0.817. The molecule has 1 aromatic heterocycles. The third-order valence-electron chi connectivity index (χ3n) is 7.32. The Morgan fingerprint density at radius 2 is 1.91 bits per heavy atom. The standard InChI is InChI=1S/C25H30N4O3/c1-13-20(28-14(2)21(13)17-8-11-27-23(17)25(31)32)12-18-22-16(15-6-9-26-10-7-15)4-3-5-19(22)29-24(18)30/h3-5,12,15,17,23,26-28H,6-11H2,1-2H3,(H,29,30)(H,31,32)/t17?,23-/m0/s1. The van der Waals surface area contributed by atoms with Crippen molar-refractivity contribution in [2.24, 2.45) is 0 Å². The molecular weight excluding hydrogens is 404 g/mol. The SMILES string of the molecule is Cc1[nH]c(C=C2C(=O)Nc3cccc(C4CCNCC4)c32)c(C)c1C1CCN[C@@H]1C(=O)O. The molecule has 1 amide bonds. The van der Waals surface area contributed by atoms with E-state index in [4.69, 9.17) is 0 Å². The second kappa shape index (κ2) is 8.22. The highest BCUT2D eigenvalue weighted by atomic mass is 16.4. The number of anilines is 1. The molecule has 3 aliphatic rings. The van der Waals surface area contributed by atoms with Gasteiger partial charge >= 0.3 is 5.97 Å². The number of benzene rings is 1. The van der Waals surface area contributed by atoms with Crippen LogP contribution in [0.5, 0.6) is 0 Å². The van der Waals surface area contributed by atoms with Crippen LogP contribution in [-0.4, -0.2) is 47.6 Å². The van der Waals surface area contributed by atoms with Gasteiger partial charge in [-0.3, -0.25) is 9.59 Å². The van der Waals surface area contributed by atoms with Crippen molar-refractivity contribution in [3.63, 3.8) is 0 Å². The summed E-state index contributed by atoms with van der Waals surface area (Å²) >= 11 is 0. The zero-order valence-electron chi connectivity index (χ0n) is 18.5. The first-order valence-corrected chi connectivity index (χ1v) is 11.5. The van der Waals surface area contributed by atoms with Gasteiger partial charge in [-0.25, -0.2) is 0 Å². The van der Waals surface area contributed by atoms with Crippen LogP contribution in [0, 0.1) is 13.8 Å². The first-order chi connectivity index (χ1) is 15.5. The van der Waals surface area contributed by atoms with Crippen molar-refractivity contribution in [2.75, 3.05) is 25.0 Å². The van der Waals surface area contributed by atoms with Gasteiger partial charge in [0.25, 0.3) is 5.91 Å². The summed E-state index contributed by atoms with van der Waals surface area (Å²) in [5.74, 6) is -0.542. The Labute approximate surface area is 187 Å². The van der Waals surface area contributed by atoms with E-state index in [1.165, 1.54) is 5.56 Å². The molecule has 0 bridgehead atoms. The van der Waals surface area contributed by atoms with Crippen LogP contribution in [0.4, 0.5) is 5.69 Å². The monoisotopic (exact) mass is 434 g/mol. The number of aryl methyl sites for hydroxylation is 1. The molecular formula is C25H30N4O3. The fraction of sp³-hybridized carbons (Fsp3) is 0.440. The Bertz CT molecular complexity index is 1110. The molecule has 5 N–H and O–H groups in total. The number of carbonyl (C=O) groups excluding carboxylic acids is 1. The molecule has 7 nitrogen and oxygen atoms in total. The number of aliphatic carboxylic acids is 1. The van der Waals surface area contributed by atoms with Crippen LogP contribution in [0.15, 0.2) is 18.2 Å². The lowest BCUT2D eigenvalue weighted by Crippen LogP contribution is -2.34. The van der Waals surface area contributed by atoms with E-state index in [2.05, 4.69) is 27.0 Å². The zero-order valence-corrected chi connectivity index (χ0v) is 18.5. The molecule has 32 heavy (non-hydrogen) atoms. The summed E-state index contributed by atoms with van der Waals surface area (Å²) in [6.45, 7) is 6.69. The summed E-state index contributed by atoms with van der Waals surface area (Å²) < 4.78 is 0. The Hall–Kier alpha value is -2.90. The minimum absolute atomic E-state index is 0.0779. The molecule has 4 heterocycles. The molecule has 0 saturated carbocycles. The van der Waals surface area contributed by atoms with Gasteiger partial charge < -0.3 is 26.0 Å². The van der Waals surface area contributed by atoms with Gasteiger partial charge in [-0.15, -0.1) is 0 Å². The van der Waals surface area contributed by atoms with Gasteiger partial charge in [0.05, 0.1) is 5.57 Å². The van der Waals surface area contributed by atoms with E-state index in [9.17, 15) is 14.7 Å². The molecule has 0 aliphatic carbocycles. The highest BCUT2D eigenvalue weighted by Gasteiger charge is 2.37. The van der Waals surface area contributed by atoms with E-state index in [1.54, 1.807) is 0 Å². The summed E-state index contributed by atoms with van der Waals surface area (Å²) in [4.78, 5) is 28.1. The topological polar surface area (TPSA) is 106 Å². The Balaban J connectivity index is 1.56. The van der Waals surface area contributed by atoms with E-state index in [0.717, 1.165) is 66.1 Å². The van der Waals surface area contributed by atoms with Crippen LogP contribution < -0.4 is 16.0 Å². The lowest BCUT2D eigenvalue weighted by atomic mass is 9.84. The zero-order chi connectivity index (χ0) is 22.4. The summed E-state index contributed by atoms with van der Waals surface area (Å²) in [5.41, 5.74) is 7.75. The second-order valence-electron chi connectivity index (χ2n) is 9.17. The van der Waals surface area contributed by atoms with Crippen molar-refractivity contribution >= 4 is 29.2 Å². The predicted octanol–water partition coefficient (Wildman–Crippen LogP) is 3.12. The molecule has 2 fully saturated rings. The molecule has 7 heteroatoms. The van der Waals surface area contributed by atoms with E-state index >= 15 is 0 Å². The van der Waals surface area contributed by atoms with Gasteiger partial charge in [-0.2, -0.15) is 0 Å². The largest absolute Gasteiger partial charge is 0.480 e. The first-order valence-electron chi connectivity index (χ1n) is 11.5. The number of aromatic nitrogens is 1. The van der Waals surface area contributed by atoms with Gasteiger partial charge in [-0.05, 0) is 87.5 Å². The summed E-state index contributed by atoms with van der Waals surface area (Å²) in [7, 11) is 0. The molecule has 2 atom stereocenters. The number of fused-ring (bicyclic) bond motifs is 1. The third kappa shape index (κ3) is 3.45. The maximum Gasteiger partial charge on any atom is 0.321 e. The average Bonchev–Trinajstić information content (AvgIpc) is 3.45. The van der Waals surface area contributed by atoms with Crippen molar-refractivity contribution in [3.05, 3.63) is 51.8 Å². The molecule has 0 radical (unpaired) electrons. The van der Waals surface area contributed by atoms with Crippen molar-refractivity contribution in [1.29, 1.82) is 0 Å². The maximum atomic E-state index is 13.0. The molecule has 2 aromatic rings. The van der Waals surface area contributed by atoms with Crippen molar-refractivity contribution < 1.29 is 14.7 Å². The smallest absolute Gasteiger partial charge is 0.321 e. The van der Waals surface area contributed by atoms with Gasteiger partial charge in [-0.1, -0.05) is 12.1 Å². The number of H-pyrrole nitrogens is 1. The third-order valence-corrected chi connectivity index (χ3v) is 7.32. The van der Waals surface area contributed by atoms with Crippen LogP contribution in [0.3, 0.4) is 0 Å². The van der Waals surface area contributed by atoms with E-state index < -0.39 is 12.0 Å². The number of amides is 1. The lowest BCUT2D eigenvalue weighted by molar-refractivity contribution is -0.139. The number of aromatic amines is 1. The van der Waals surface area contributed by atoms with Crippen LogP contribution in [0.2, 0.25) is 0 Å². The molecule has 3 aliphatic heterocycles. The van der Waals surface area contributed by atoms with Crippen LogP contribution >= 0.6 is 0 Å². The number of piperidine rings is 1. The van der Waals surface area contributed by atoms with Gasteiger partial charge in [0.15, 0.2) is 0 Å². The van der Waals surface area contributed by atoms with Crippen LogP contribution in [0.1, 0.15) is 64.7 Å². The highest BCUT2D eigenvalue weighted by molar-refractivity contribution is 6.35. The molecule has 168 valence electrons. The molecule has 1 aromatic carbocycles. The number of carboxylic acid groups (broad SMARTS) is 1. The summed E-state index contributed by atoms with van der Waals surface area (Å²) in [6, 6.07) is 5.58. The van der Waals surface area contributed by atoms with E-state index in [1.807, 2.05) is 32.1 Å². The van der Waals surface area contributed by atoms with Crippen LogP contribution in [-0.2, 0) is 9.59 Å². The van der Waals surface area contributed by atoms with Gasteiger partial charge in [0, 0.05) is 28.6 Å². The van der Waals surface area contributed by atoms with Crippen molar-refractivity contribution in [1.82, 2.24) is 15.6 Å². The van der Waals surface area contributed by atoms with E-state index in [0.29, 0.717) is 18.0 Å². The van der Waals surface area contributed by atoms with Gasteiger partial charge in [0.2, 0.25) is 0 Å². The van der Waals surface area contributed by atoms with Crippen molar-refractivity contribution in [2.45, 2.75) is 51.0 Å². The number of hydrogen-bond acceptors (Lipinski definition) is 4. The maximum absolute atomic E-state index is 13.0. The number of carboxylic acids is 1. The summed E-state index contributed by atoms with van der Waals surface area (Å²) in [6.07, 6.45) is 4.87. The quantitative estimate of drug-likeness (QED) is 0.476. The normalized spacial score (nSPS) is 24.7. The Kier molecular flexibility index (Phi) is 5.39. The van der Waals surface area contributed by atoms with Crippen molar-refractivity contribution in [3.8, 4) is 0 Å². The molecule has 1 unspecified atom stereocenters. The lowest BCUT2D eigenvalue weighted by Gasteiger charge is -2.25. The predicted molar refractivity (Wildman–Crippen MR) is 125 cm³/mol. The number of carbonyl (C=O) groups is 2. The number of nitrogens with one attached hydrogen (secondary N) is 4. The minimum Gasteiger partial charge on any atom is -0.480 e.